The Hall–Kier alpha value is -1.05. The summed E-state index contributed by atoms with van der Waals surface area (Å²) in [7, 11) is 2.17. The van der Waals surface area contributed by atoms with Gasteiger partial charge in [0.2, 0.25) is 0 Å². The monoisotopic (exact) mass is 204 g/mol. The molecule has 1 aliphatic rings. The number of anilines is 1. The molecule has 0 radical (unpaired) electrons. The first-order chi connectivity index (χ1) is 7.00. The van der Waals surface area contributed by atoms with E-state index >= 15 is 0 Å². The van der Waals surface area contributed by atoms with Gasteiger partial charge in [0.15, 0.2) is 0 Å². The third-order valence-corrected chi connectivity index (χ3v) is 3.36. The zero-order chi connectivity index (χ0) is 11.1. The molecule has 2 heteroatoms. The average Bonchev–Trinajstić information content (AvgIpc) is 2.16. The second-order valence-electron chi connectivity index (χ2n) is 5.52. The van der Waals surface area contributed by atoms with E-state index in [-0.39, 0.29) is 0 Å². The van der Waals surface area contributed by atoms with E-state index < -0.39 is 0 Å². The lowest BCUT2D eigenvalue weighted by molar-refractivity contribution is 0.288. The van der Waals surface area contributed by atoms with Gasteiger partial charge in [-0.05, 0) is 29.9 Å². The summed E-state index contributed by atoms with van der Waals surface area (Å²) in [6.45, 7) is 6.92. The van der Waals surface area contributed by atoms with Crippen molar-refractivity contribution in [3.05, 3.63) is 23.9 Å². The molecule has 0 N–H and O–H groups in total. The highest BCUT2D eigenvalue weighted by atomic mass is 15.2. The lowest BCUT2D eigenvalue weighted by Gasteiger charge is -2.42. The molecule has 2 nitrogen and oxygen atoms in total. The highest BCUT2D eigenvalue weighted by molar-refractivity contribution is 5.49. The van der Waals surface area contributed by atoms with Crippen molar-refractivity contribution in [1.29, 1.82) is 0 Å². The SMILES string of the molecule is CN1c2ncccc2CCC1C(C)(C)C. The second-order valence-corrected chi connectivity index (χ2v) is 5.52. The lowest BCUT2D eigenvalue weighted by atomic mass is 9.80. The number of nitrogens with zero attached hydrogens (tertiary/aromatic N) is 2. The van der Waals surface area contributed by atoms with Gasteiger partial charge in [-0.15, -0.1) is 0 Å². The smallest absolute Gasteiger partial charge is 0.131 e. The Balaban J connectivity index is 2.34. The summed E-state index contributed by atoms with van der Waals surface area (Å²) in [6.07, 6.45) is 4.29. The number of hydrogen-bond acceptors (Lipinski definition) is 2. The largest absolute Gasteiger partial charge is 0.356 e. The molecule has 0 saturated carbocycles. The van der Waals surface area contributed by atoms with Crippen molar-refractivity contribution in [2.24, 2.45) is 5.41 Å². The van der Waals surface area contributed by atoms with Crippen molar-refractivity contribution in [3.8, 4) is 0 Å². The van der Waals surface area contributed by atoms with Crippen molar-refractivity contribution in [2.75, 3.05) is 11.9 Å². The van der Waals surface area contributed by atoms with Crippen molar-refractivity contribution >= 4 is 5.82 Å². The number of aromatic nitrogens is 1. The molecule has 0 amide bonds. The summed E-state index contributed by atoms with van der Waals surface area (Å²) in [5.41, 5.74) is 1.71. The minimum absolute atomic E-state index is 0.323. The van der Waals surface area contributed by atoms with Crippen LogP contribution in [0.15, 0.2) is 18.3 Å². The van der Waals surface area contributed by atoms with E-state index in [0.717, 1.165) is 6.42 Å². The van der Waals surface area contributed by atoms with Crippen molar-refractivity contribution in [2.45, 2.75) is 39.7 Å². The Morgan fingerprint density at radius 1 is 1.40 bits per heavy atom. The molecule has 1 aliphatic heterocycles. The summed E-state index contributed by atoms with van der Waals surface area (Å²) in [4.78, 5) is 6.84. The maximum absolute atomic E-state index is 4.49. The van der Waals surface area contributed by atoms with Crippen LogP contribution in [0.4, 0.5) is 5.82 Å². The first kappa shape index (κ1) is 10.5. The van der Waals surface area contributed by atoms with Gasteiger partial charge in [-0.1, -0.05) is 26.8 Å². The Kier molecular flexibility index (Phi) is 2.45. The van der Waals surface area contributed by atoms with Gasteiger partial charge in [0.05, 0.1) is 0 Å². The van der Waals surface area contributed by atoms with Crippen LogP contribution in [0.25, 0.3) is 0 Å². The van der Waals surface area contributed by atoms with Gasteiger partial charge >= 0.3 is 0 Å². The van der Waals surface area contributed by atoms with E-state index in [1.54, 1.807) is 0 Å². The molecule has 0 aromatic carbocycles. The van der Waals surface area contributed by atoms with Gasteiger partial charge in [-0.2, -0.15) is 0 Å². The zero-order valence-electron chi connectivity index (χ0n) is 10.1. The van der Waals surface area contributed by atoms with Gasteiger partial charge in [0.25, 0.3) is 0 Å². The molecule has 1 atom stereocenters. The first-order valence-electron chi connectivity index (χ1n) is 5.67. The van der Waals surface area contributed by atoms with E-state index in [9.17, 15) is 0 Å². The zero-order valence-corrected chi connectivity index (χ0v) is 10.1. The van der Waals surface area contributed by atoms with Crippen molar-refractivity contribution in [1.82, 2.24) is 4.98 Å². The quantitative estimate of drug-likeness (QED) is 0.646. The van der Waals surface area contributed by atoms with Gasteiger partial charge in [0, 0.05) is 19.3 Å². The molecule has 15 heavy (non-hydrogen) atoms. The fourth-order valence-electron chi connectivity index (χ4n) is 2.59. The minimum atomic E-state index is 0.323. The Labute approximate surface area is 92.3 Å². The molecule has 2 rings (SSSR count). The topological polar surface area (TPSA) is 16.1 Å². The molecule has 1 aromatic heterocycles. The number of fused-ring (bicyclic) bond motifs is 1. The molecule has 1 aromatic rings. The Morgan fingerprint density at radius 2 is 2.13 bits per heavy atom. The fraction of sp³-hybridized carbons (Fsp3) is 0.615. The third-order valence-electron chi connectivity index (χ3n) is 3.36. The van der Waals surface area contributed by atoms with Crippen LogP contribution in [0.5, 0.6) is 0 Å². The molecule has 82 valence electrons. The van der Waals surface area contributed by atoms with Crippen LogP contribution in [0.3, 0.4) is 0 Å². The molecule has 0 bridgehead atoms. The van der Waals surface area contributed by atoms with Crippen LogP contribution in [-0.2, 0) is 6.42 Å². The molecule has 0 aliphatic carbocycles. The van der Waals surface area contributed by atoms with E-state index in [1.807, 2.05) is 12.3 Å². The third kappa shape index (κ3) is 1.85. The number of aryl methyl sites for hydroxylation is 1. The molecular formula is C13H20N2. The Bertz CT molecular complexity index is 352. The predicted molar refractivity (Wildman–Crippen MR) is 64.2 cm³/mol. The molecule has 0 spiro atoms. The molecule has 0 fully saturated rings. The van der Waals surface area contributed by atoms with Crippen LogP contribution in [0.2, 0.25) is 0 Å². The van der Waals surface area contributed by atoms with Gasteiger partial charge in [-0.25, -0.2) is 4.98 Å². The normalized spacial score (nSPS) is 21.3. The number of rotatable bonds is 0. The van der Waals surface area contributed by atoms with Crippen LogP contribution in [0.1, 0.15) is 32.8 Å². The lowest BCUT2D eigenvalue weighted by Crippen LogP contribution is -2.45. The second kappa shape index (κ2) is 3.51. The molecule has 2 heterocycles. The minimum Gasteiger partial charge on any atom is -0.356 e. The predicted octanol–water partition coefficient (Wildman–Crippen LogP) is 2.88. The van der Waals surface area contributed by atoms with Crippen molar-refractivity contribution in [3.63, 3.8) is 0 Å². The summed E-state index contributed by atoms with van der Waals surface area (Å²) in [6, 6.07) is 4.82. The molecule has 1 unspecified atom stereocenters. The van der Waals surface area contributed by atoms with Crippen molar-refractivity contribution < 1.29 is 0 Å². The van der Waals surface area contributed by atoms with Crippen LogP contribution < -0.4 is 4.90 Å². The first-order valence-corrected chi connectivity index (χ1v) is 5.67. The maximum Gasteiger partial charge on any atom is 0.131 e. The van der Waals surface area contributed by atoms with E-state index in [1.165, 1.54) is 17.8 Å². The number of hydrogen-bond donors (Lipinski definition) is 0. The summed E-state index contributed by atoms with van der Waals surface area (Å²) in [5, 5.41) is 0. The molecule has 0 saturated heterocycles. The van der Waals surface area contributed by atoms with Gasteiger partial charge < -0.3 is 4.90 Å². The van der Waals surface area contributed by atoms with Crippen LogP contribution >= 0.6 is 0 Å². The highest BCUT2D eigenvalue weighted by Crippen LogP contribution is 2.35. The summed E-state index contributed by atoms with van der Waals surface area (Å²) < 4.78 is 0. The highest BCUT2D eigenvalue weighted by Gasteiger charge is 2.32. The van der Waals surface area contributed by atoms with E-state index in [0.29, 0.717) is 11.5 Å². The van der Waals surface area contributed by atoms with Gasteiger partial charge in [0.1, 0.15) is 5.82 Å². The standard InChI is InChI=1S/C13H20N2/c1-13(2,3)11-8-7-10-6-5-9-14-12(10)15(11)4/h5-6,9,11H,7-8H2,1-4H3. The average molecular weight is 204 g/mol. The van der Waals surface area contributed by atoms with Crippen LogP contribution in [0, 0.1) is 5.41 Å². The summed E-state index contributed by atoms with van der Waals surface area (Å²) >= 11 is 0. The summed E-state index contributed by atoms with van der Waals surface area (Å²) in [5.74, 6) is 1.17. The van der Waals surface area contributed by atoms with E-state index in [2.05, 4.69) is 43.8 Å². The van der Waals surface area contributed by atoms with E-state index in [4.69, 9.17) is 0 Å². The number of pyridine rings is 1. The molecular weight excluding hydrogens is 184 g/mol. The maximum atomic E-state index is 4.49. The van der Waals surface area contributed by atoms with Crippen LogP contribution in [-0.4, -0.2) is 18.1 Å². The Morgan fingerprint density at radius 3 is 2.80 bits per heavy atom. The fourth-order valence-corrected chi connectivity index (χ4v) is 2.59. The van der Waals surface area contributed by atoms with Gasteiger partial charge in [-0.3, -0.25) is 0 Å².